The Morgan fingerprint density at radius 1 is 1.29 bits per heavy atom. The molecule has 1 aliphatic rings. The molecular formula is C17H26F2IN3O. The van der Waals surface area contributed by atoms with Gasteiger partial charge in [-0.3, -0.25) is 4.99 Å². The Kier molecular flexibility index (Phi) is 9.50. The lowest BCUT2D eigenvalue weighted by molar-refractivity contribution is 0.0264. The van der Waals surface area contributed by atoms with Gasteiger partial charge in [-0.25, -0.2) is 8.78 Å². The van der Waals surface area contributed by atoms with Gasteiger partial charge < -0.3 is 15.0 Å². The van der Waals surface area contributed by atoms with Gasteiger partial charge in [0, 0.05) is 38.9 Å². The van der Waals surface area contributed by atoms with Crippen LogP contribution in [0.3, 0.4) is 0 Å². The molecule has 0 aliphatic carbocycles. The number of rotatable bonds is 5. The second-order valence-electron chi connectivity index (χ2n) is 5.57. The molecule has 1 aromatic rings. The molecule has 0 aromatic heterocycles. The van der Waals surface area contributed by atoms with Crippen LogP contribution in [-0.4, -0.2) is 50.3 Å². The number of nitrogens with one attached hydrogen (secondary N) is 1. The van der Waals surface area contributed by atoms with Crippen molar-refractivity contribution in [1.82, 2.24) is 10.2 Å². The molecule has 136 valence electrons. The molecule has 2 rings (SSSR count). The van der Waals surface area contributed by atoms with Crippen molar-refractivity contribution >= 4 is 29.9 Å². The van der Waals surface area contributed by atoms with Crippen LogP contribution in [0.25, 0.3) is 0 Å². The summed E-state index contributed by atoms with van der Waals surface area (Å²) < 4.78 is 32.8. The number of guanidine groups is 1. The van der Waals surface area contributed by atoms with E-state index in [-0.39, 0.29) is 36.0 Å². The molecule has 1 aromatic carbocycles. The summed E-state index contributed by atoms with van der Waals surface area (Å²) in [5.74, 6) is -0.227. The Labute approximate surface area is 159 Å². The minimum Gasteiger partial charge on any atom is -0.378 e. The third kappa shape index (κ3) is 5.84. The molecule has 1 fully saturated rings. The molecule has 24 heavy (non-hydrogen) atoms. The van der Waals surface area contributed by atoms with Crippen molar-refractivity contribution in [3.63, 3.8) is 0 Å². The van der Waals surface area contributed by atoms with Crippen molar-refractivity contribution in [2.45, 2.75) is 32.3 Å². The highest BCUT2D eigenvalue weighted by molar-refractivity contribution is 14.0. The van der Waals surface area contributed by atoms with Gasteiger partial charge in [-0.05, 0) is 38.3 Å². The molecule has 0 radical (unpaired) electrons. The molecule has 0 spiro atoms. The molecule has 0 saturated carbocycles. The third-order valence-electron chi connectivity index (χ3n) is 4.08. The van der Waals surface area contributed by atoms with E-state index in [2.05, 4.69) is 15.2 Å². The zero-order valence-corrected chi connectivity index (χ0v) is 16.6. The van der Waals surface area contributed by atoms with E-state index < -0.39 is 11.6 Å². The number of nitrogens with zero attached hydrogens (tertiary/aromatic N) is 2. The normalized spacial score (nSPS) is 16.0. The summed E-state index contributed by atoms with van der Waals surface area (Å²) in [6.45, 7) is 4.94. The van der Waals surface area contributed by atoms with E-state index in [0.717, 1.165) is 38.5 Å². The van der Waals surface area contributed by atoms with Crippen LogP contribution in [-0.2, 0) is 11.2 Å². The fraction of sp³-hybridized carbons (Fsp3) is 0.588. The Hall–Kier alpha value is -0.960. The van der Waals surface area contributed by atoms with Crippen LogP contribution < -0.4 is 5.32 Å². The largest absolute Gasteiger partial charge is 0.378 e. The molecule has 1 N–H and O–H groups in total. The monoisotopic (exact) mass is 453 g/mol. The summed E-state index contributed by atoms with van der Waals surface area (Å²) in [4.78, 5) is 6.42. The van der Waals surface area contributed by atoms with Crippen LogP contribution in [0, 0.1) is 11.6 Å². The van der Waals surface area contributed by atoms with Crippen LogP contribution in [0.15, 0.2) is 23.2 Å². The summed E-state index contributed by atoms with van der Waals surface area (Å²) in [7, 11) is 1.72. The standard InChI is InChI=1S/C17H25F2N3O.HI/c1-3-23-13-8-11-22(12-9-13)17(20-2)21-10-7-14-15(18)5-4-6-16(14)19;/h4-6,13H,3,7-12H2,1-2H3,(H,20,21);1H. The quantitative estimate of drug-likeness (QED) is 0.423. The third-order valence-corrected chi connectivity index (χ3v) is 4.08. The highest BCUT2D eigenvalue weighted by Crippen LogP contribution is 2.14. The van der Waals surface area contributed by atoms with Crippen LogP contribution in [0.2, 0.25) is 0 Å². The fourth-order valence-corrected chi connectivity index (χ4v) is 2.87. The van der Waals surface area contributed by atoms with Gasteiger partial charge in [-0.15, -0.1) is 24.0 Å². The number of ether oxygens (including phenoxy) is 1. The molecule has 0 bridgehead atoms. The second-order valence-corrected chi connectivity index (χ2v) is 5.57. The first-order valence-corrected chi connectivity index (χ1v) is 8.15. The van der Waals surface area contributed by atoms with E-state index in [9.17, 15) is 8.78 Å². The Balaban J connectivity index is 0.00000288. The lowest BCUT2D eigenvalue weighted by atomic mass is 10.1. The zero-order valence-electron chi connectivity index (χ0n) is 14.2. The molecule has 0 atom stereocenters. The summed E-state index contributed by atoms with van der Waals surface area (Å²) in [5, 5.41) is 3.19. The Bertz CT molecular complexity index is 514. The van der Waals surface area contributed by atoms with E-state index in [1.54, 1.807) is 7.05 Å². The van der Waals surface area contributed by atoms with Gasteiger partial charge >= 0.3 is 0 Å². The highest BCUT2D eigenvalue weighted by Gasteiger charge is 2.21. The van der Waals surface area contributed by atoms with Gasteiger partial charge in [-0.1, -0.05) is 6.07 Å². The molecule has 1 heterocycles. The van der Waals surface area contributed by atoms with Crippen molar-refractivity contribution in [3.8, 4) is 0 Å². The maximum absolute atomic E-state index is 13.6. The number of halogens is 3. The first kappa shape index (κ1) is 21.1. The predicted octanol–water partition coefficient (Wildman–Crippen LogP) is 3.20. The first-order chi connectivity index (χ1) is 11.2. The van der Waals surface area contributed by atoms with Gasteiger partial charge in [-0.2, -0.15) is 0 Å². The van der Waals surface area contributed by atoms with E-state index in [4.69, 9.17) is 4.74 Å². The number of aliphatic imine (C=N–C) groups is 1. The first-order valence-electron chi connectivity index (χ1n) is 8.15. The number of likely N-dealkylation sites (tertiary alicyclic amines) is 1. The SMILES string of the molecule is CCOC1CCN(C(=NC)NCCc2c(F)cccc2F)CC1.I. The summed E-state index contributed by atoms with van der Waals surface area (Å²) in [6.07, 6.45) is 2.54. The molecular weight excluding hydrogens is 427 g/mol. The molecule has 0 unspecified atom stereocenters. The van der Waals surface area contributed by atoms with Crippen LogP contribution >= 0.6 is 24.0 Å². The minimum absolute atomic E-state index is 0. The van der Waals surface area contributed by atoms with Crippen molar-refractivity contribution in [2.75, 3.05) is 33.3 Å². The van der Waals surface area contributed by atoms with Crippen LogP contribution in [0.1, 0.15) is 25.3 Å². The van der Waals surface area contributed by atoms with Crippen molar-refractivity contribution in [2.24, 2.45) is 4.99 Å². The molecule has 0 amide bonds. The maximum Gasteiger partial charge on any atom is 0.193 e. The molecule has 1 aliphatic heterocycles. The number of hydrogen-bond acceptors (Lipinski definition) is 2. The molecule has 7 heteroatoms. The van der Waals surface area contributed by atoms with Crippen LogP contribution in [0.5, 0.6) is 0 Å². The summed E-state index contributed by atoms with van der Waals surface area (Å²) >= 11 is 0. The van der Waals surface area contributed by atoms with Crippen molar-refractivity contribution < 1.29 is 13.5 Å². The van der Waals surface area contributed by atoms with Crippen molar-refractivity contribution in [3.05, 3.63) is 35.4 Å². The number of piperidine rings is 1. The van der Waals surface area contributed by atoms with E-state index in [1.807, 2.05) is 6.92 Å². The average Bonchev–Trinajstić information content (AvgIpc) is 2.55. The number of benzene rings is 1. The topological polar surface area (TPSA) is 36.9 Å². The lowest BCUT2D eigenvalue weighted by Crippen LogP contribution is -2.47. The van der Waals surface area contributed by atoms with Gasteiger partial charge in [0.2, 0.25) is 0 Å². The summed E-state index contributed by atoms with van der Waals surface area (Å²) in [6, 6.07) is 3.94. The zero-order chi connectivity index (χ0) is 16.7. The lowest BCUT2D eigenvalue weighted by Gasteiger charge is -2.34. The fourth-order valence-electron chi connectivity index (χ4n) is 2.87. The predicted molar refractivity (Wildman–Crippen MR) is 103 cm³/mol. The number of hydrogen-bond donors (Lipinski definition) is 1. The molecule has 1 saturated heterocycles. The summed E-state index contributed by atoms with van der Waals surface area (Å²) in [5.41, 5.74) is 0.116. The van der Waals surface area contributed by atoms with Gasteiger partial charge in [0.1, 0.15) is 11.6 Å². The minimum atomic E-state index is -0.501. The van der Waals surface area contributed by atoms with E-state index >= 15 is 0 Å². The van der Waals surface area contributed by atoms with Crippen molar-refractivity contribution in [1.29, 1.82) is 0 Å². The van der Waals surface area contributed by atoms with Gasteiger partial charge in [0.25, 0.3) is 0 Å². The van der Waals surface area contributed by atoms with Gasteiger partial charge in [0.05, 0.1) is 6.10 Å². The average molecular weight is 453 g/mol. The van der Waals surface area contributed by atoms with Gasteiger partial charge in [0.15, 0.2) is 5.96 Å². The molecule has 4 nitrogen and oxygen atoms in total. The second kappa shape index (κ2) is 10.8. The maximum atomic E-state index is 13.6. The Morgan fingerprint density at radius 3 is 2.46 bits per heavy atom. The van der Waals surface area contributed by atoms with E-state index in [1.165, 1.54) is 18.2 Å². The Morgan fingerprint density at radius 2 is 1.92 bits per heavy atom. The smallest absolute Gasteiger partial charge is 0.193 e. The van der Waals surface area contributed by atoms with Crippen LogP contribution in [0.4, 0.5) is 8.78 Å². The van der Waals surface area contributed by atoms with E-state index in [0.29, 0.717) is 12.6 Å². The highest BCUT2D eigenvalue weighted by atomic mass is 127.